The van der Waals surface area contributed by atoms with Crippen molar-refractivity contribution in [1.82, 2.24) is 10.3 Å². The summed E-state index contributed by atoms with van der Waals surface area (Å²) in [5.74, 6) is -0.108. The number of anilines is 1. The van der Waals surface area contributed by atoms with Gasteiger partial charge in [-0.15, -0.1) is 0 Å². The lowest BCUT2D eigenvalue weighted by atomic mass is 10.0. The lowest BCUT2D eigenvalue weighted by molar-refractivity contribution is 0.0931. The Bertz CT molecular complexity index is 984. The highest BCUT2D eigenvalue weighted by Crippen LogP contribution is 2.29. The van der Waals surface area contributed by atoms with E-state index in [1.165, 1.54) is 0 Å². The largest absolute Gasteiger partial charge is 0.371 e. The number of nitrogens with zero attached hydrogens (tertiary/aromatic N) is 2. The van der Waals surface area contributed by atoms with E-state index in [2.05, 4.69) is 15.2 Å². The van der Waals surface area contributed by atoms with Crippen molar-refractivity contribution in [2.45, 2.75) is 18.9 Å². The zero-order valence-corrected chi connectivity index (χ0v) is 16.2. The molecule has 0 spiro atoms. The fourth-order valence-corrected chi connectivity index (χ4v) is 3.94. The average Bonchev–Trinajstić information content (AvgIpc) is 2.68. The molecule has 3 aromatic rings. The van der Waals surface area contributed by atoms with Crippen LogP contribution in [0.25, 0.3) is 10.9 Å². The number of fused-ring (bicyclic) bond motifs is 1. The second-order valence-corrected chi connectivity index (χ2v) is 7.55. The summed E-state index contributed by atoms with van der Waals surface area (Å²) < 4.78 is 0. The Kier molecular flexibility index (Phi) is 5.19. The van der Waals surface area contributed by atoms with Crippen molar-refractivity contribution in [3.63, 3.8) is 0 Å². The predicted octanol–water partition coefficient (Wildman–Crippen LogP) is 4.94. The van der Waals surface area contributed by atoms with Crippen LogP contribution in [0.5, 0.6) is 0 Å². The van der Waals surface area contributed by atoms with E-state index in [9.17, 15) is 4.79 Å². The minimum absolute atomic E-state index is 0.108. The highest BCUT2D eigenvalue weighted by atomic mass is 35.5. The van der Waals surface area contributed by atoms with Gasteiger partial charge in [-0.2, -0.15) is 0 Å². The third-order valence-electron chi connectivity index (χ3n) is 4.97. The second kappa shape index (κ2) is 7.75. The molecule has 1 fully saturated rings. The number of pyridine rings is 1. The molecule has 0 radical (unpaired) electrons. The molecule has 27 heavy (non-hydrogen) atoms. The Morgan fingerprint density at radius 3 is 2.63 bits per heavy atom. The SMILES string of the molecule is O=C(NC1CCN(c2ccnc3cc(Cl)ccc23)CC1)c1ccccc1Cl. The quantitative estimate of drug-likeness (QED) is 0.678. The summed E-state index contributed by atoms with van der Waals surface area (Å²) >= 11 is 12.2. The van der Waals surface area contributed by atoms with Crippen molar-refractivity contribution in [2.24, 2.45) is 0 Å². The number of carbonyl (C=O) groups is 1. The molecule has 0 unspecified atom stereocenters. The van der Waals surface area contributed by atoms with Crippen molar-refractivity contribution in [3.8, 4) is 0 Å². The molecule has 1 saturated heterocycles. The molecule has 4 rings (SSSR count). The monoisotopic (exact) mass is 399 g/mol. The zero-order chi connectivity index (χ0) is 18.8. The van der Waals surface area contributed by atoms with E-state index in [0.717, 1.165) is 42.5 Å². The summed E-state index contributed by atoms with van der Waals surface area (Å²) in [6.07, 6.45) is 3.58. The van der Waals surface area contributed by atoms with E-state index < -0.39 is 0 Å². The molecule has 0 atom stereocenters. The van der Waals surface area contributed by atoms with Gasteiger partial charge in [0.15, 0.2) is 0 Å². The molecule has 1 aliphatic heterocycles. The van der Waals surface area contributed by atoms with Crippen LogP contribution in [0.15, 0.2) is 54.7 Å². The number of hydrogen-bond acceptors (Lipinski definition) is 3. The molecular formula is C21H19Cl2N3O. The first-order valence-corrected chi connectivity index (χ1v) is 9.72. The maximum atomic E-state index is 12.5. The van der Waals surface area contributed by atoms with E-state index >= 15 is 0 Å². The summed E-state index contributed by atoms with van der Waals surface area (Å²) in [4.78, 5) is 19.2. The minimum Gasteiger partial charge on any atom is -0.371 e. The molecule has 2 heterocycles. The van der Waals surface area contributed by atoms with Gasteiger partial charge in [-0.05, 0) is 49.2 Å². The van der Waals surface area contributed by atoms with Crippen molar-refractivity contribution in [1.29, 1.82) is 0 Å². The van der Waals surface area contributed by atoms with Crippen LogP contribution < -0.4 is 10.2 Å². The Hall–Kier alpha value is -2.30. The molecule has 138 valence electrons. The van der Waals surface area contributed by atoms with Crippen molar-refractivity contribution in [3.05, 3.63) is 70.3 Å². The molecule has 0 saturated carbocycles. The summed E-state index contributed by atoms with van der Waals surface area (Å²) in [5.41, 5.74) is 2.58. The van der Waals surface area contributed by atoms with E-state index in [4.69, 9.17) is 23.2 Å². The molecule has 0 bridgehead atoms. The Morgan fingerprint density at radius 1 is 1.07 bits per heavy atom. The molecule has 1 amide bonds. The summed E-state index contributed by atoms with van der Waals surface area (Å²) in [6.45, 7) is 1.74. The van der Waals surface area contributed by atoms with Gasteiger partial charge in [0, 0.05) is 41.4 Å². The highest BCUT2D eigenvalue weighted by molar-refractivity contribution is 6.33. The third kappa shape index (κ3) is 3.87. The van der Waals surface area contributed by atoms with Crippen LogP contribution in [-0.2, 0) is 0 Å². The fraction of sp³-hybridized carbons (Fsp3) is 0.238. The van der Waals surface area contributed by atoms with Gasteiger partial charge in [-0.3, -0.25) is 9.78 Å². The third-order valence-corrected chi connectivity index (χ3v) is 5.54. The maximum absolute atomic E-state index is 12.5. The number of halogens is 2. The van der Waals surface area contributed by atoms with Gasteiger partial charge < -0.3 is 10.2 Å². The topological polar surface area (TPSA) is 45.2 Å². The maximum Gasteiger partial charge on any atom is 0.253 e. The van der Waals surface area contributed by atoms with Gasteiger partial charge in [0.2, 0.25) is 0 Å². The van der Waals surface area contributed by atoms with E-state index in [-0.39, 0.29) is 11.9 Å². The molecule has 4 nitrogen and oxygen atoms in total. The lowest BCUT2D eigenvalue weighted by Crippen LogP contribution is -2.44. The molecule has 1 aromatic heterocycles. The number of aromatic nitrogens is 1. The number of benzene rings is 2. The Morgan fingerprint density at radius 2 is 1.85 bits per heavy atom. The lowest BCUT2D eigenvalue weighted by Gasteiger charge is -2.34. The van der Waals surface area contributed by atoms with Crippen molar-refractivity contribution < 1.29 is 4.79 Å². The number of nitrogens with one attached hydrogen (secondary N) is 1. The van der Waals surface area contributed by atoms with Gasteiger partial charge in [-0.25, -0.2) is 0 Å². The molecular weight excluding hydrogens is 381 g/mol. The van der Waals surface area contributed by atoms with Crippen molar-refractivity contribution >= 4 is 45.7 Å². The molecule has 1 N–H and O–H groups in total. The van der Waals surface area contributed by atoms with Crippen LogP contribution >= 0.6 is 23.2 Å². The molecule has 2 aromatic carbocycles. The van der Waals surface area contributed by atoms with Gasteiger partial charge >= 0.3 is 0 Å². The smallest absolute Gasteiger partial charge is 0.253 e. The van der Waals surface area contributed by atoms with Crippen LogP contribution in [0, 0.1) is 0 Å². The first-order valence-electron chi connectivity index (χ1n) is 8.96. The van der Waals surface area contributed by atoms with E-state index in [1.807, 2.05) is 42.6 Å². The van der Waals surface area contributed by atoms with Crippen LogP contribution in [0.1, 0.15) is 23.2 Å². The second-order valence-electron chi connectivity index (χ2n) is 6.71. The van der Waals surface area contributed by atoms with E-state index in [0.29, 0.717) is 15.6 Å². The summed E-state index contributed by atoms with van der Waals surface area (Å²) in [6, 6.07) is 15.1. The zero-order valence-electron chi connectivity index (χ0n) is 14.7. The first kappa shape index (κ1) is 18.1. The van der Waals surface area contributed by atoms with Crippen LogP contribution in [0.4, 0.5) is 5.69 Å². The standard InChI is InChI=1S/C21H19Cl2N3O/c22-14-5-6-17-19(13-14)24-10-7-20(17)26-11-8-15(9-12-26)25-21(27)16-3-1-2-4-18(16)23/h1-7,10,13,15H,8-9,11-12H2,(H,25,27). The number of amides is 1. The van der Waals surface area contributed by atoms with Crippen LogP contribution in [0.3, 0.4) is 0 Å². The van der Waals surface area contributed by atoms with E-state index in [1.54, 1.807) is 12.1 Å². The molecule has 0 aliphatic carbocycles. The van der Waals surface area contributed by atoms with Gasteiger partial charge in [0.05, 0.1) is 16.1 Å². The van der Waals surface area contributed by atoms with Gasteiger partial charge in [0.1, 0.15) is 0 Å². The van der Waals surface area contributed by atoms with Crippen LogP contribution in [0.2, 0.25) is 10.0 Å². The normalized spacial score (nSPS) is 15.1. The highest BCUT2D eigenvalue weighted by Gasteiger charge is 2.23. The van der Waals surface area contributed by atoms with Gasteiger partial charge in [0.25, 0.3) is 5.91 Å². The minimum atomic E-state index is -0.108. The van der Waals surface area contributed by atoms with Crippen molar-refractivity contribution in [2.75, 3.05) is 18.0 Å². The number of rotatable bonds is 3. The molecule has 1 aliphatic rings. The number of hydrogen-bond donors (Lipinski definition) is 1. The summed E-state index contributed by atoms with van der Waals surface area (Å²) in [7, 11) is 0. The predicted molar refractivity (Wildman–Crippen MR) is 111 cm³/mol. The Labute approximate surface area is 168 Å². The fourth-order valence-electron chi connectivity index (χ4n) is 3.56. The number of carbonyl (C=O) groups excluding carboxylic acids is 1. The Balaban J connectivity index is 1.44. The average molecular weight is 400 g/mol. The summed E-state index contributed by atoms with van der Waals surface area (Å²) in [5, 5.41) is 5.38. The first-order chi connectivity index (χ1) is 13.1. The number of piperidine rings is 1. The molecule has 6 heteroatoms. The van der Waals surface area contributed by atoms with Crippen LogP contribution in [-0.4, -0.2) is 30.0 Å². The van der Waals surface area contributed by atoms with Gasteiger partial charge in [-0.1, -0.05) is 35.3 Å².